The SMILES string of the molecule is CCCC(CC)(O[PH](=O)O)C(CC)(CC)O[PH](=O)O. The molecule has 19 heavy (non-hydrogen) atoms. The summed E-state index contributed by atoms with van der Waals surface area (Å²) in [5.74, 6) is 0. The van der Waals surface area contributed by atoms with E-state index in [1.807, 2.05) is 27.7 Å². The van der Waals surface area contributed by atoms with Crippen LogP contribution in [0.2, 0.25) is 0 Å². The fraction of sp³-hybridized carbons (Fsp3) is 1.00. The summed E-state index contributed by atoms with van der Waals surface area (Å²) in [6.07, 6.45) is 2.53. The topological polar surface area (TPSA) is 93.1 Å². The molecular formula is C11H26O6P2. The Kier molecular flexibility index (Phi) is 8.69. The van der Waals surface area contributed by atoms with E-state index in [4.69, 9.17) is 13.9 Å². The fourth-order valence-corrected chi connectivity index (χ4v) is 4.39. The van der Waals surface area contributed by atoms with Crippen LogP contribution < -0.4 is 0 Å². The van der Waals surface area contributed by atoms with Crippen molar-refractivity contribution < 1.29 is 28.0 Å². The first-order chi connectivity index (χ1) is 8.83. The Labute approximate surface area is 116 Å². The van der Waals surface area contributed by atoms with Gasteiger partial charge in [-0.15, -0.1) is 0 Å². The number of hydrogen-bond donors (Lipinski definition) is 2. The smallest absolute Gasteiger partial charge is 0.317 e. The van der Waals surface area contributed by atoms with E-state index in [1.54, 1.807) is 0 Å². The van der Waals surface area contributed by atoms with Crippen LogP contribution in [0.4, 0.5) is 0 Å². The molecule has 0 aliphatic carbocycles. The molecule has 8 heteroatoms. The molecule has 2 N–H and O–H groups in total. The lowest BCUT2D eigenvalue weighted by Gasteiger charge is -2.47. The van der Waals surface area contributed by atoms with E-state index in [1.165, 1.54) is 0 Å². The molecule has 0 fully saturated rings. The van der Waals surface area contributed by atoms with Crippen molar-refractivity contribution in [3.8, 4) is 0 Å². The first-order valence-corrected chi connectivity index (χ1v) is 9.19. The van der Waals surface area contributed by atoms with E-state index in [0.29, 0.717) is 25.7 Å². The standard InChI is InChI=1S/C11H26O6P2/c1-5-9-11(8-4,17-19(14)15)10(6-2,7-3)16-18(12)13/h18-19H,5-9H2,1-4H3,(H,12,13)(H,14,15). The summed E-state index contributed by atoms with van der Waals surface area (Å²) < 4.78 is 33.0. The van der Waals surface area contributed by atoms with Gasteiger partial charge in [0.05, 0.1) is 0 Å². The average molecular weight is 316 g/mol. The molecule has 0 aliphatic rings. The molecule has 0 bridgehead atoms. The van der Waals surface area contributed by atoms with Gasteiger partial charge in [-0.25, -0.2) is 0 Å². The second-order valence-corrected chi connectivity index (χ2v) is 6.01. The van der Waals surface area contributed by atoms with E-state index in [9.17, 15) is 14.0 Å². The summed E-state index contributed by atoms with van der Waals surface area (Å²) >= 11 is 0. The molecule has 0 saturated carbocycles. The molecule has 0 saturated heterocycles. The Morgan fingerprint density at radius 1 is 0.842 bits per heavy atom. The van der Waals surface area contributed by atoms with Crippen LogP contribution in [0.25, 0.3) is 0 Å². The summed E-state index contributed by atoms with van der Waals surface area (Å²) in [5.41, 5.74) is -2.04. The van der Waals surface area contributed by atoms with Crippen molar-refractivity contribution >= 4 is 16.5 Å². The minimum Gasteiger partial charge on any atom is -0.326 e. The van der Waals surface area contributed by atoms with E-state index in [2.05, 4.69) is 0 Å². The van der Waals surface area contributed by atoms with Crippen LogP contribution in [0.15, 0.2) is 0 Å². The molecule has 0 aliphatic heterocycles. The summed E-state index contributed by atoms with van der Waals surface area (Å²) in [6, 6.07) is 0. The maximum atomic E-state index is 11.2. The van der Waals surface area contributed by atoms with Crippen LogP contribution in [0.3, 0.4) is 0 Å². The Bertz CT molecular complexity index is 318. The van der Waals surface area contributed by atoms with Gasteiger partial charge in [-0.3, -0.25) is 9.13 Å². The highest BCUT2D eigenvalue weighted by molar-refractivity contribution is 7.32. The highest BCUT2D eigenvalue weighted by Crippen LogP contribution is 2.49. The molecule has 0 aromatic carbocycles. The molecule has 116 valence electrons. The Morgan fingerprint density at radius 3 is 1.47 bits per heavy atom. The third-order valence-electron chi connectivity index (χ3n) is 3.76. The lowest BCUT2D eigenvalue weighted by Crippen LogP contribution is -2.54. The molecule has 3 unspecified atom stereocenters. The molecule has 0 amide bonds. The van der Waals surface area contributed by atoms with E-state index < -0.39 is 27.7 Å². The molecule has 0 radical (unpaired) electrons. The molecule has 0 aromatic heterocycles. The highest BCUT2D eigenvalue weighted by atomic mass is 31.1. The summed E-state index contributed by atoms with van der Waals surface area (Å²) in [7, 11) is -6.33. The minimum absolute atomic E-state index is 0.434. The Morgan fingerprint density at radius 2 is 1.21 bits per heavy atom. The minimum atomic E-state index is -3.16. The second kappa shape index (κ2) is 8.56. The quantitative estimate of drug-likeness (QED) is 0.601. The largest absolute Gasteiger partial charge is 0.326 e. The van der Waals surface area contributed by atoms with Gasteiger partial charge in [0.15, 0.2) is 0 Å². The van der Waals surface area contributed by atoms with Crippen molar-refractivity contribution in [2.75, 3.05) is 0 Å². The van der Waals surface area contributed by atoms with Crippen molar-refractivity contribution in [3.05, 3.63) is 0 Å². The van der Waals surface area contributed by atoms with Gasteiger partial charge >= 0.3 is 16.5 Å². The first-order valence-electron chi connectivity index (χ1n) is 6.66. The zero-order chi connectivity index (χ0) is 15.1. The van der Waals surface area contributed by atoms with Crippen molar-refractivity contribution in [1.29, 1.82) is 0 Å². The Hall–Kier alpha value is 0.300. The zero-order valence-electron chi connectivity index (χ0n) is 12.1. The third kappa shape index (κ3) is 4.66. The third-order valence-corrected chi connectivity index (χ3v) is 4.89. The van der Waals surface area contributed by atoms with Crippen molar-refractivity contribution in [1.82, 2.24) is 0 Å². The maximum absolute atomic E-state index is 11.2. The fourth-order valence-electron chi connectivity index (χ4n) is 2.81. The molecule has 6 nitrogen and oxygen atoms in total. The molecule has 0 rings (SSSR count). The van der Waals surface area contributed by atoms with E-state index in [0.717, 1.165) is 6.42 Å². The van der Waals surface area contributed by atoms with E-state index in [-0.39, 0.29) is 0 Å². The van der Waals surface area contributed by atoms with Crippen molar-refractivity contribution in [2.24, 2.45) is 0 Å². The van der Waals surface area contributed by atoms with Crippen LogP contribution in [-0.4, -0.2) is 21.0 Å². The normalized spacial score (nSPS) is 18.8. The summed E-state index contributed by atoms with van der Waals surface area (Å²) in [4.78, 5) is 18.3. The number of hydrogen-bond acceptors (Lipinski definition) is 4. The van der Waals surface area contributed by atoms with Gasteiger partial charge in [0.25, 0.3) is 0 Å². The Balaban J connectivity index is 5.68. The van der Waals surface area contributed by atoms with Crippen LogP contribution in [-0.2, 0) is 18.2 Å². The predicted molar refractivity (Wildman–Crippen MR) is 75.9 cm³/mol. The van der Waals surface area contributed by atoms with Crippen molar-refractivity contribution in [2.45, 2.75) is 71.0 Å². The van der Waals surface area contributed by atoms with Gasteiger partial charge in [-0.1, -0.05) is 34.1 Å². The maximum Gasteiger partial charge on any atom is 0.317 e. The molecular weight excluding hydrogens is 290 g/mol. The van der Waals surface area contributed by atoms with Crippen LogP contribution in [0.1, 0.15) is 59.8 Å². The predicted octanol–water partition coefficient (Wildman–Crippen LogP) is 3.29. The molecule has 0 aromatic rings. The van der Waals surface area contributed by atoms with Gasteiger partial charge in [0.1, 0.15) is 11.2 Å². The highest BCUT2D eigenvalue weighted by Gasteiger charge is 2.51. The number of rotatable bonds is 10. The van der Waals surface area contributed by atoms with Crippen LogP contribution >= 0.6 is 16.5 Å². The summed E-state index contributed by atoms with van der Waals surface area (Å²) in [6.45, 7) is 7.41. The molecule has 3 atom stereocenters. The van der Waals surface area contributed by atoms with Crippen molar-refractivity contribution in [3.63, 3.8) is 0 Å². The lowest BCUT2D eigenvalue weighted by atomic mass is 9.74. The van der Waals surface area contributed by atoms with Gasteiger partial charge in [0, 0.05) is 0 Å². The van der Waals surface area contributed by atoms with Crippen LogP contribution in [0, 0.1) is 0 Å². The van der Waals surface area contributed by atoms with E-state index >= 15 is 0 Å². The van der Waals surface area contributed by atoms with Gasteiger partial charge in [0.2, 0.25) is 0 Å². The first kappa shape index (κ1) is 19.3. The molecule has 0 heterocycles. The lowest BCUT2D eigenvalue weighted by molar-refractivity contribution is -0.131. The second-order valence-electron chi connectivity index (χ2n) is 4.54. The van der Waals surface area contributed by atoms with Gasteiger partial charge in [-0.2, -0.15) is 0 Å². The average Bonchev–Trinajstić information content (AvgIpc) is 2.34. The molecule has 0 spiro atoms. The zero-order valence-corrected chi connectivity index (χ0v) is 14.1. The summed E-state index contributed by atoms with van der Waals surface area (Å²) in [5, 5.41) is 0. The van der Waals surface area contributed by atoms with Crippen LogP contribution in [0.5, 0.6) is 0 Å². The van der Waals surface area contributed by atoms with Gasteiger partial charge < -0.3 is 18.8 Å². The monoisotopic (exact) mass is 316 g/mol. The van der Waals surface area contributed by atoms with Gasteiger partial charge in [-0.05, 0) is 25.7 Å².